The smallest absolute Gasteiger partial charge is 0.339 e. The quantitative estimate of drug-likeness (QED) is 0.356. The van der Waals surface area contributed by atoms with Crippen LogP contribution in [0.15, 0.2) is 82.8 Å². The summed E-state index contributed by atoms with van der Waals surface area (Å²) in [5, 5.41) is 3.91. The summed E-state index contributed by atoms with van der Waals surface area (Å²) >= 11 is 0. The second kappa shape index (κ2) is 9.23. The second-order valence-corrected chi connectivity index (χ2v) is 7.90. The minimum atomic E-state index is -3.95. The highest BCUT2D eigenvalue weighted by molar-refractivity contribution is 7.87. The average molecular weight is 424 g/mol. The second-order valence-electron chi connectivity index (χ2n) is 6.35. The van der Waals surface area contributed by atoms with Crippen molar-refractivity contribution in [1.29, 1.82) is 0 Å². The van der Waals surface area contributed by atoms with Crippen LogP contribution in [0.5, 0.6) is 11.5 Å². The summed E-state index contributed by atoms with van der Waals surface area (Å²) in [6, 6.07) is 19.3. The van der Waals surface area contributed by atoms with Crippen molar-refractivity contribution in [2.75, 3.05) is 7.11 Å². The number of benzene rings is 3. The molecule has 30 heavy (non-hydrogen) atoms. The van der Waals surface area contributed by atoms with Gasteiger partial charge in [-0.1, -0.05) is 29.8 Å². The lowest BCUT2D eigenvalue weighted by molar-refractivity contribution is 0.0955. The maximum absolute atomic E-state index is 12.4. The van der Waals surface area contributed by atoms with Gasteiger partial charge in [0.15, 0.2) is 0 Å². The lowest BCUT2D eigenvalue weighted by atomic mass is 10.2. The molecule has 0 spiro atoms. The van der Waals surface area contributed by atoms with E-state index in [2.05, 4.69) is 10.5 Å². The van der Waals surface area contributed by atoms with Crippen LogP contribution in [0, 0.1) is 6.92 Å². The number of amides is 1. The van der Waals surface area contributed by atoms with Gasteiger partial charge in [-0.3, -0.25) is 4.79 Å². The van der Waals surface area contributed by atoms with Crippen molar-refractivity contribution in [3.8, 4) is 11.5 Å². The molecule has 0 aliphatic rings. The molecule has 0 aliphatic heterocycles. The van der Waals surface area contributed by atoms with E-state index >= 15 is 0 Å². The van der Waals surface area contributed by atoms with Crippen LogP contribution in [0.3, 0.4) is 0 Å². The number of ether oxygens (including phenoxy) is 1. The molecule has 3 rings (SSSR count). The monoisotopic (exact) mass is 424 g/mol. The standard InChI is InChI=1S/C22H20N2O5S/c1-16-6-12-21(13-7-16)30(26,27)29-20-5-3-4-17(14-20)15-23-24-22(25)18-8-10-19(28-2)11-9-18/h3-15H,1-2H3,(H,24,25)/b23-15-. The summed E-state index contributed by atoms with van der Waals surface area (Å²) in [5.41, 5.74) is 4.34. The number of carbonyl (C=O) groups excluding carboxylic acids is 1. The molecule has 1 N–H and O–H groups in total. The van der Waals surface area contributed by atoms with Gasteiger partial charge in [0, 0.05) is 5.56 Å². The molecule has 0 atom stereocenters. The van der Waals surface area contributed by atoms with Crippen molar-refractivity contribution in [1.82, 2.24) is 5.43 Å². The number of nitrogens with one attached hydrogen (secondary N) is 1. The third-order valence-corrected chi connectivity index (χ3v) is 5.37. The molecule has 0 unspecified atom stereocenters. The van der Waals surface area contributed by atoms with Crippen LogP contribution < -0.4 is 14.3 Å². The van der Waals surface area contributed by atoms with Crippen molar-refractivity contribution < 1.29 is 22.1 Å². The van der Waals surface area contributed by atoms with E-state index in [1.54, 1.807) is 55.6 Å². The molecule has 0 heterocycles. The fourth-order valence-electron chi connectivity index (χ4n) is 2.50. The van der Waals surface area contributed by atoms with E-state index in [4.69, 9.17) is 8.92 Å². The number of nitrogens with zero attached hydrogens (tertiary/aromatic N) is 1. The first kappa shape index (κ1) is 21.1. The van der Waals surface area contributed by atoms with Crippen molar-refractivity contribution in [3.63, 3.8) is 0 Å². The Balaban J connectivity index is 1.66. The van der Waals surface area contributed by atoms with Crippen molar-refractivity contribution >= 4 is 22.2 Å². The Morgan fingerprint density at radius 3 is 2.33 bits per heavy atom. The molecule has 7 nitrogen and oxygen atoms in total. The van der Waals surface area contributed by atoms with Crippen molar-refractivity contribution in [2.24, 2.45) is 5.10 Å². The van der Waals surface area contributed by atoms with Gasteiger partial charge >= 0.3 is 10.1 Å². The molecule has 1 amide bonds. The average Bonchev–Trinajstić information content (AvgIpc) is 2.74. The molecule has 154 valence electrons. The molecule has 3 aromatic rings. The van der Waals surface area contributed by atoms with Gasteiger partial charge in [-0.15, -0.1) is 0 Å². The predicted molar refractivity (Wildman–Crippen MR) is 113 cm³/mol. The lowest BCUT2D eigenvalue weighted by Crippen LogP contribution is -2.17. The topological polar surface area (TPSA) is 94.1 Å². The fraction of sp³-hybridized carbons (Fsp3) is 0.0909. The van der Waals surface area contributed by atoms with Gasteiger partial charge in [0.2, 0.25) is 0 Å². The summed E-state index contributed by atoms with van der Waals surface area (Å²) < 4.78 is 35.1. The van der Waals surface area contributed by atoms with Gasteiger partial charge in [-0.05, 0) is 61.0 Å². The van der Waals surface area contributed by atoms with E-state index in [1.807, 2.05) is 6.92 Å². The molecule has 0 saturated carbocycles. The molecule has 0 radical (unpaired) electrons. The molecule has 0 fully saturated rings. The van der Waals surface area contributed by atoms with Gasteiger partial charge in [0.25, 0.3) is 5.91 Å². The first-order valence-corrected chi connectivity index (χ1v) is 10.4. The van der Waals surface area contributed by atoms with E-state index < -0.39 is 10.1 Å². The first-order chi connectivity index (χ1) is 14.4. The minimum Gasteiger partial charge on any atom is -0.497 e. The van der Waals surface area contributed by atoms with Crippen molar-refractivity contribution in [2.45, 2.75) is 11.8 Å². The van der Waals surface area contributed by atoms with Crippen molar-refractivity contribution in [3.05, 3.63) is 89.5 Å². The Bertz CT molecular complexity index is 1150. The van der Waals surface area contributed by atoms with Crippen LogP contribution in [0.25, 0.3) is 0 Å². The summed E-state index contributed by atoms with van der Waals surface area (Å²) in [4.78, 5) is 12.2. The summed E-state index contributed by atoms with van der Waals surface area (Å²) in [7, 11) is -2.40. The zero-order valence-corrected chi connectivity index (χ0v) is 17.2. The molecule has 0 bridgehead atoms. The molecular weight excluding hydrogens is 404 g/mol. The van der Waals surface area contributed by atoms with Gasteiger partial charge in [0.1, 0.15) is 16.4 Å². The van der Waals surface area contributed by atoms with Crippen LogP contribution in [0.2, 0.25) is 0 Å². The number of aryl methyl sites for hydroxylation is 1. The zero-order valence-electron chi connectivity index (χ0n) is 16.4. The first-order valence-electron chi connectivity index (χ1n) is 8.96. The van der Waals surface area contributed by atoms with Crippen LogP contribution in [0.4, 0.5) is 0 Å². The lowest BCUT2D eigenvalue weighted by Gasteiger charge is -2.08. The number of rotatable bonds is 7. The van der Waals surface area contributed by atoms with Crippen LogP contribution in [-0.2, 0) is 10.1 Å². The molecule has 3 aromatic carbocycles. The SMILES string of the molecule is COc1ccc(C(=O)N/N=C\c2cccc(OS(=O)(=O)c3ccc(C)cc3)c2)cc1. The number of hydrogen-bond acceptors (Lipinski definition) is 6. The number of carbonyl (C=O) groups is 1. The van der Waals surface area contributed by atoms with Gasteiger partial charge in [-0.2, -0.15) is 13.5 Å². The summed E-state index contributed by atoms with van der Waals surface area (Å²) in [5.74, 6) is 0.400. The highest BCUT2D eigenvalue weighted by Gasteiger charge is 2.16. The number of methoxy groups -OCH3 is 1. The maximum Gasteiger partial charge on any atom is 0.339 e. The number of hydrogen-bond donors (Lipinski definition) is 1. The maximum atomic E-state index is 12.4. The third-order valence-electron chi connectivity index (χ3n) is 4.11. The Morgan fingerprint density at radius 1 is 0.967 bits per heavy atom. The van der Waals surface area contributed by atoms with E-state index in [0.29, 0.717) is 16.9 Å². The highest BCUT2D eigenvalue weighted by Crippen LogP contribution is 2.20. The normalized spacial score (nSPS) is 11.3. The van der Waals surface area contributed by atoms with Crippen LogP contribution >= 0.6 is 0 Å². The van der Waals surface area contributed by atoms with E-state index in [-0.39, 0.29) is 16.6 Å². The Morgan fingerprint density at radius 2 is 1.67 bits per heavy atom. The third kappa shape index (κ3) is 5.45. The minimum absolute atomic E-state index is 0.0684. The largest absolute Gasteiger partial charge is 0.497 e. The van der Waals surface area contributed by atoms with E-state index in [1.165, 1.54) is 30.5 Å². The van der Waals surface area contributed by atoms with Gasteiger partial charge < -0.3 is 8.92 Å². The Labute approximate surface area is 175 Å². The van der Waals surface area contributed by atoms with E-state index in [0.717, 1.165) is 5.56 Å². The molecule has 8 heteroatoms. The van der Waals surface area contributed by atoms with Gasteiger partial charge in [-0.25, -0.2) is 5.43 Å². The molecule has 0 aliphatic carbocycles. The predicted octanol–water partition coefficient (Wildman–Crippen LogP) is 3.54. The fourth-order valence-corrected chi connectivity index (χ4v) is 3.42. The van der Waals surface area contributed by atoms with Crippen LogP contribution in [-0.4, -0.2) is 27.6 Å². The zero-order chi connectivity index (χ0) is 21.6. The Kier molecular flexibility index (Phi) is 6.48. The number of hydrazone groups is 1. The van der Waals surface area contributed by atoms with E-state index in [9.17, 15) is 13.2 Å². The summed E-state index contributed by atoms with van der Waals surface area (Å²) in [6.45, 7) is 1.87. The molecular formula is C22H20N2O5S. The molecule has 0 saturated heterocycles. The Hall–Kier alpha value is -3.65. The molecule has 0 aromatic heterocycles. The van der Waals surface area contributed by atoms with Crippen LogP contribution in [0.1, 0.15) is 21.5 Å². The highest BCUT2D eigenvalue weighted by atomic mass is 32.2. The summed E-state index contributed by atoms with van der Waals surface area (Å²) in [6.07, 6.45) is 1.40. The van der Waals surface area contributed by atoms with Gasteiger partial charge in [0.05, 0.1) is 13.3 Å².